The summed E-state index contributed by atoms with van der Waals surface area (Å²) in [4.78, 5) is 17.8. The summed E-state index contributed by atoms with van der Waals surface area (Å²) < 4.78 is 0. The highest BCUT2D eigenvalue weighted by Gasteiger charge is 2.09. The van der Waals surface area contributed by atoms with Gasteiger partial charge in [-0.15, -0.1) is 6.42 Å². The molecule has 1 rings (SSSR count). The molecule has 0 fully saturated rings. The molecule has 0 bridgehead atoms. The SMILES string of the molecule is C#CCNc1nc(NCCCC)nc(N(C)OC)n1. The van der Waals surface area contributed by atoms with Crippen molar-refractivity contribution in [3.63, 3.8) is 0 Å². The minimum absolute atomic E-state index is 0.356. The predicted molar refractivity (Wildman–Crippen MR) is 76.0 cm³/mol. The lowest BCUT2D eigenvalue weighted by atomic mass is 10.3. The molecular weight excluding hydrogens is 244 g/mol. The Balaban J connectivity index is 2.85. The number of hydrogen-bond donors (Lipinski definition) is 2. The molecule has 2 N–H and O–H groups in total. The van der Waals surface area contributed by atoms with Crippen molar-refractivity contribution in [2.75, 3.05) is 42.9 Å². The second kappa shape index (κ2) is 8.11. The number of nitrogens with one attached hydrogen (secondary N) is 2. The van der Waals surface area contributed by atoms with Gasteiger partial charge in [0.1, 0.15) is 0 Å². The molecule has 1 heterocycles. The number of nitrogens with zero attached hydrogens (tertiary/aromatic N) is 4. The van der Waals surface area contributed by atoms with Gasteiger partial charge in [-0.25, -0.2) is 5.06 Å². The Kier molecular flexibility index (Phi) is 6.39. The number of hydroxylamine groups is 1. The Bertz CT molecular complexity index is 431. The molecule has 0 aromatic carbocycles. The number of anilines is 3. The molecule has 0 aliphatic heterocycles. The van der Waals surface area contributed by atoms with Crippen molar-refractivity contribution in [3.8, 4) is 12.3 Å². The van der Waals surface area contributed by atoms with Crippen LogP contribution in [0.1, 0.15) is 19.8 Å². The summed E-state index contributed by atoms with van der Waals surface area (Å²) >= 11 is 0. The van der Waals surface area contributed by atoms with Gasteiger partial charge < -0.3 is 10.6 Å². The van der Waals surface area contributed by atoms with Gasteiger partial charge in [0.15, 0.2) is 0 Å². The second-order valence-corrected chi connectivity index (χ2v) is 3.80. The minimum Gasteiger partial charge on any atom is -0.354 e. The fourth-order valence-electron chi connectivity index (χ4n) is 1.25. The van der Waals surface area contributed by atoms with Crippen LogP contribution in [0.4, 0.5) is 17.8 Å². The van der Waals surface area contributed by atoms with Crippen LogP contribution < -0.4 is 15.7 Å². The van der Waals surface area contributed by atoms with E-state index in [1.54, 1.807) is 14.2 Å². The predicted octanol–water partition coefficient (Wildman–Crippen LogP) is 1.13. The highest BCUT2D eigenvalue weighted by molar-refractivity contribution is 5.42. The van der Waals surface area contributed by atoms with Crippen molar-refractivity contribution >= 4 is 17.8 Å². The molecule has 19 heavy (non-hydrogen) atoms. The molecule has 0 saturated carbocycles. The molecule has 1 aromatic rings. The van der Waals surface area contributed by atoms with Gasteiger partial charge in [-0.3, -0.25) is 4.84 Å². The van der Waals surface area contributed by atoms with Crippen LogP contribution in [-0.2, 0) is 4.84 Å². The number of hydrogen-bond acceptors (Lipinski definition) is 7. The van der Waals surface area contributed by atoms with E-state index in [0.717, 1.165) is 19.4 Å². The highest BCUT2D eigenvalue weighted by atomic mass is 16.7. The molecule has 0 unspecified atom stereocenters. The van der Waals surface area contributed by atoms with Crippen molar-refractivity contribution in [1.29, 1.82) is 0 Å². The monoisotopic (exact) mass is 264 g/mol. The van der Waals surface area contributed by atoms with Crippen LogP contribution >= 0.6 is 0 Å². The Morgan fingerprint density at radius 1 is 1.26 bits per heavy atom. The van der Waals surface area contributed by atoms with Crippen LogP contribution in [0, 0.1) is 12.3 Å². The Hall–Kier alpha value is -2.07. The summed E-state index contributed by atoms with van der Waals surface area (Å²) in [5.74, 6) is 3.81. The van der Waals surface area contributed by atoms with Crippen LogP contribution in [0.15, 0.2) is 0 Å². The number of terminal acetylenes is 1. The lowest BCUT2D eigenvalue weighted by molar-refractivity contribution is 0.180. The van der Waals surface area contributed by atoms with Crippen LogP contribution in [0.2, 0.25) is 0 Å². The topological polar surface area (TPSA) is 75.2 Å². The number of rotatable bonds is 8. The van der Waals surface area contributed by atoms with Crippen LogP contribution in [-0.4, -0.2) is 42.2 Å². The van der Waals surface area contributed by atoms with Gasteiger partial charge in [-0.05, 0) is 6.42 Å². The van der Waals surface area contributed by atoms with Gasteiger partial charge in [0.05, 0.1) is 13.7 Å². The smallest absolute Gasteiger partial charge is 0.256 e. The third kappa shape index (κ3) is 4.97. The van der Waals surface area contributed by atoms with Gasteiger partial charge in [0, 0.05) is 13.6 Å². The molecule has 0 radical (unpaired) electrons. The van der Waals surface area contributed by atoms with Gasteiger partial charge in [-0.2, -0.15) is 15.0 Å². The van der Waals surface area contributed by atoms with E-state index in [-0.39, 0.29) is 0 Å². The Morgan fingerprint density at radius 3 is 2.53 bits per heavy atom. The summed E-state index contributed by atoms with van der Waals surface area (Å²) in [5, 5.41) is 7.52. The van der Waals surface area contributed by atoms with E-state index >= 15 is 0 Å². The average molecular weight is 264 g/mol. The average Bonchev–Trinajstić information content (AvgIpc) is 2.44. The van der Waals surface area contributed by atoms with E-state index < -0.39 is 0 Å². The number of unbranched alkanes of at least 4 members (excludes halogenated alkanes) is 1. The molecule has 0 amide bonds. The van der Waals surface area contributed by atoms with E-state index in [9.17, 15) is 0 Å². The zero-order valence-electron chi connectivity index (χ0n) is 11.6. The fraction of sp³-hybridized carbons (Fsp3) is 0.583. The van der Waals surface area contributed by atoms with E-state index in [4.69, 9.17) is 11.3 Å². The highest BCUT2D eigenvalue weighted by Crippen LogP contribution is 2.12. The van der Waals surface area contributed by atoms with Crippen molar-refractivity contribution < 1.29 is 4.84 Å². The fourth-order valence-corrected chi connectivity index (χ4v) is 1.25. The summed E-state index contributed by atoms with van der Waals surface area (Å²) in [6.07, 6.45) is 7.35. The molecule has 104 valence electrons. The molecule has 0 saturated heterocycles. The molecule has 0 aliphatic carbocycles. The molecule has 1 aromatic heterocycles. The van der Waals surface area contributed by atoms with Crippen molar-refractivity contribution in [2.24, 2.45) is 0 Å². The van der Waals surface area contributed by atoms with E-state index in [0.29, 0.717) is 24.4 Å². The first-order valence-electron chi connectivity index (χ1n) is 6.16. The van der Waals surface area contributed by atoms with Crippen LogP contribution in [0.3, 0.4) is 0 Å². The number of aromatic nitrogens is 3. The molecule has 7 nitrogen and oxygen atoms in total. The first-order chi connectivity index (χ1) is 9.21. The van der Waals surface area contributed by atoms with Gasteiger partial charge >= 0.3 is 0 Å². The summed E-state index contributed by atoms with van der Waals surface area (Å²) in [5.41, 5.74) is 0. The third-order valence-corrected chi connectivity index (χ3v) is 2.34. The van der Waals surface area contributed by atoms with Crippen LogP contribution in [0.5, 0.6) is 0 Å². The van der Waals surface area contributed by atoms with Crippen molar-refractivity contribution in [3.05, 3.63) is 0 Å². The third-order valence-electron chi connectivity index (χ3n) is 2.34. The first kappa shape index (κ1) is 15.0. The van der Waals surface area contributed by atoms with Crippen molar-refractivity contribution in [2.45, 2.75) is 19.8 Å². The largest absolute Gasteiger partial charge is 0.354 e. The maximum absolute atomic E-state index is 5.20. The first-order valence-corrected chi connectivity index (χ1v) is 6.16. The maximum atomic E-state index is 5.20. The van der Waals surface area contributed by atoms with E-state index in [1.807, 2.05) is 0 Å². The molecular formula is C12H20N6O. The van der Waals surface area contributed by atoms with Crippen LogP contribution in [0.25, 0.3) is 0 Å². The molecule has 0 atom stereocenters. The lowest BCUT2D eigenvalue weighted by Gasteiger charge is -2.15. The molecule has 0 spiro atoms. The Morgan fingerprint density at radius 2 is 1.95 bits per heavy atom. The van der Waals surface area contributed by atoms with E-state index in [1.165, 1.54) is 5.06 Å². The Labute approximate surface area is 113 Å². The second-order valence-electron chi connectivity index (χ2n) is 3.80. The summed E-state index contributed by atoms with van der Waals surface area (Å²) in [6.45, 7) is 3.29. The zero-order chi connectivity index (χ0) is 14.1. The lowest BCUT2D eigenvalue weighted by Crippen LogP contribution is -2.20. The molecule has 7 heteroatoms. The molecule has 0 aliphatic rings. The minimum atomic E-state index is 0.356. The van der Waals surface area contributed by atoms with E-state index in [2.05, 4.69) is 38.4 Å². The quantitative estimate of drug-likeness (QED) is 0.414. The van der Waals surface area contributed by atoms with Crippen molar-refractivity contribution in [1.82, 2.24) is 15.0 Å². The maximum Gasteiger partial charge on any atom is 0.256 e. The normalized spacial score (nSPS) is 9.79. The van der Waals surface area contributed by atoms with Gasteiger partial charge in [-0.1, -0.05) is 19.3 Å². The van der Waals surface area contributed by atoms with Gasteiger partial charge in [0.2, 0.25) is 11.9 Å². The zero-order valence-corrected chi connectivity index (χ0v) is 11.6. The standard InChI is InChI=1S/C12H20N6O/c1-5-7-9-14-11-15-10(13-8-6-2)16-12(17-11)18(3)19-4/h2H,5,7-9H2,1,3-4H3,(H2,13,14,15,16,17). The summed E-state index contributed by atoms with van der Waals surface area (Å²) in [6, 6.07) is 0. The summed E-state index contributed by atoms with van der Waals surface area (Å²) in [7, 11) is 3.26. The van der Waals surface area contributed by atoms with Gasteiger partial charge in [0.25, 0.3) is 5.95 Å².